The number of amides is 2. The third-order valence-electron chi connectivity index (χ3n) is 3.08. The molecule has 3 heterocycles. The Morgan fingerprint density at radius 2 is 2.24 bits per heavy atom. The smallest absolute Gasteiger partial charge is 0.408 e. The molecule has 106 valence electrons. The Balaban J connectivity index is 2.17. The molecule has 3 N–H and O–H groups in total. The van der Waals surface area contributed by atoms with Crippen LogP contribution in [0.1, 0.15) is 16.1 Å². The molecule has 0 radical (unpaired) electrons. The van der Waals surface area contributed by atoms with Gasteiger partial charge in [0.1, 0.15) is 5.69 Å². The summed E-state index contributed by atoms with van der Waals surface area (Å²) < 4.78 is 4.97. The van der Waals surface area contributed by atoms with Crippen molar-refractivity contribution < 1.29 is 14.3 Å². The van der Waals surface area contributed by atoms with E-state index in [9.17, 15) is 9.59 Å². The van der Waals surface area contributed by atoms with Gasteiger partial charge in [0, 0.05) is 19.2 Å². The van der Waals surface area contributed by atoms with Crippen LogP contribution in [0.15, 0.2) is 30.5 Å². The van der Waals surface area contributed by atoms with Gasteiger partial charge in [-0.05, 0) is 18.2 Å². The van der Waals surface area contributed by atoms with E-state index in [1.807, 2.05) is 0 Å². The average molecular weight is 284 g/mol. The zero-order valence-corrected chi connectivity index (χ0v) is 11.0. The molecule has 0 saturated carbocycles. The van der Waals surface area contributed by atoms with Gasteiger partial charge in [-0.25, -0.2) is 9.78 Å². The molecule has 2 aromatic rings. The van der Waals surface area contributed by atoms with Crippen LogP contribution < -0.4 is 15.8 Å². The van der Waals surface area contributed by atoms with Crippen molar-refractivity contribution in [2.75, 3.05) is 6.54 Å². The highest BCUT2D eigenvalue weighted by Crippen LogP contribution is 2.30. The fourth-order valence-electron chi connectivity index (χ4n) is 2.18. The largest absolute Gasteiger partial charge is 0.410 e. The molecule has 0 unspecified atom stereocenters. The number of fused-ring (bicyclic) bond motifs is 1. The monoisotopic (exact) mass is 284 g/mol. The van der Waals surface area contributed by atoms with Crippen LogP contribution in [0.3, 0.4) is 0 Å². The Morgan fingerprint density at radius 3 is 2.95 bits per heavy atom. The fourth-order valence-corrected chi connectivity index (χ4v) is 2.18. The summed E-state index contributed by atoms with van der Waals surface area (Å²) in [6.07, 6.45) is 1.25. The lowest BCUT2D eigenvalue weighted by atomic mass is 10.0. The third-order valence-corrected chi connectivity index (χ3v) is 3.08. The first-order valence-corrected chi connectivity index (χ1v) is 6.36. The zero-order chi connectivity index (χ0) is 14.8. The second kappa shape index (κ2) is 5.20. The fraction of sp³-hybridized carbons (Fsp3) is 0.143. The van der Waals surface area contributed by atoms with Crippen LogP contribution in [0, 0.1) is 0 Å². The van der Waals surface area contributed by atoms with Gasteiger partial charge >= 0.3 is 6.09 Å². The summed E-state index contributed by atoms with van der Waals surface area (Å²) in [5.74, 6) is -0.123. The van der Waals surface area contributed by atoms with E-state index >= 15 is 0 Å². The molecule has 0 aliphatic carbocycles. The first kappa shape index (κ1) is 13.0. The zero-order valence-electron chi connectivity index (χ0n) is 11.0. The Morgan fingerprint density at radius 1 is 1.38 bits per heavy atom. The molecule has 0 saturated heterocycles. The molecular formula is C14H12N4O3. The molecule has 1 aliphatic rings. The molecule has 21 heavy (non-hydrogen) atoms. The number of hydrogen-bond acceptors (Lipinski definition) is 5. The quantitative estimate of drug-likeness (QED) is 0.851. The highest BCUT2D eigenvalue weighted by molar-refractivity contribution is 5.97. The maximum absolute atomic E-state index is 11.8. The molecule has 0 atom stereocenters. The molecule has 7 nitrogen and oxygen atoms in total. The third kappa shape index (κ3) is 2.53. The number of hydrogen-bond donors (Lipinski definition) is 2. The van der Waals surface area contributed by atoms with E-state index in [1.54, 1.807) is 24.4 Å². The van der Waals surface area contributed by atoms with Crippen molar-refractivity contribution >= 4 is 12.0 Å². The van der Waals surface area contributed by atoms with Crippen LogP contribution in [0.4, 0.5) is 4.79 Å². The number of rotatable bonds is 2. The van der Waals surface area contributed by atoms with Crippen LogP contribution in [0.2, 0.25) is 0 Å². The van der Waals surface area contributed by atoms with Crippen molar-refractivity contribution in [1.82, 2.24) is 15.3 Å². The molecule has 3 rings (SSSR count). The van der Waals surface area contributed by atoms with Gasteiger partial charge in [0.2, 0.25) is 0 Å². The summed E-state index contributed by atoms with van der Waals surface area (Å²) in [4.78, 5) is 31.5. The van der Waals surface area contributed by atoms with Gasteiger partial charge in [-0.15, -0.1) is 0 Å². The molecule has 2 aromatic heterocycles. The highest BCUT2D eigenvalue weighted by Gasteiger charge is 2.23. The van der Waals surface area contributed by atoms with Crippen molar-refractivity contribution in [1.29, 1.82) is 0 Å². The summed E-state index contributed by atoms with van der Waals surface area (Å²) in [5, 5.41) is 2.71. The summed E-state index contributed by atoms with van der Waals surface area (Å²) in [7, 11) is 0. The van der Waals surface area contributed by atoms with Crippen LogP contribution in [0.25, 0.3) is 11.4 Å². The minimum absolute atomic E-state index is 0.122. The predicted octanol–water partition coefficient (Wildman–Crippen LogP) is 0.887. The van der Waals surface area contributed by atoms with Crippen molar-refractivity contribution in [3.63, 3.8) is 0 Å². The van der Waals surface area contributed by atoms with Crippen molar-refractivity contribution in [2.45, 2.75) is 6.42 Å². The van der Waals surface area contributed by atoms with Gasteiger partial charge in [-0.2, -0.15) is 0 Å². The number of aromatic nitrogens is 2. The molecular weight excluding hydrogens is 272 g/mol. The minimum atomic E-state index is -0.967. The molecule has 2 amide bonds. The molecule has 0 spiro atoms. The Bertz CT molecular complexity index is 716. The number of pyridine rings is 2. The summed E-state index contributed by atoms with van der Waals surface area (Å²) >= 11 is 0. The molecule has 0 bridgehead atoms. The first-order valence-electron chi connectivity index (χ1n) is 6.36. The maximum Gasteiger partial charge on any atom is 0.410 e. The first-order chi connectivity index (χ1) is 10.1. The summed E-state index contributed by atoms with van der Waals surface area (Å²) in [6, 6.07) is 6.78. The topological polar surface area (TPSA) is 107 Å². The van der Waals surface area contributed by atoms with Gasteiger partial charge in [0.25, 0.3) is 5.91 Å². The summed E-state index contributed by atoms with van der Waals surface area (Å²) in [6.45, 7) is 0.524. The van der Waals surface area contributed by atoms with E-state index in [4.69, 9.17) is 10.5 Å². The number of carbonyl (C=O) groups excluding carboxylic acids is 2. The van der Waals surface area contributed by atoms with Gasteiger partial charge in [0.15, 0.2) is 5.75 Å². The number of nitrogens with one attached hydrogen (secondary N) is 1. The van der Waals surface area contributed by atoms with Gasteiger partial charge in [0.05, 0.1) is 17.0 Å². The van der Waals surface area contributed by atoms with E-state index < -0.39 is 6.09 Å². The lowest BCUT2D eigenvalue weighted by Gasteiger charge is -2.18. The van der Waals surface area contributed by atoms with Gasteiger partial charge in [-0.1, -0.05) is 6.07 Å². The number of carbonyl (C=O) groups is 2. The van der Waals surface area contributed by atoms with Gasteiger partial charge in [-0.3, -0.25) is 9.78 Å². The second-order valence-electron chi connectivity index (χ2n) is 4.47. The molecule has 1 aliphatic heterocycles. The Hall–Kier alpha value is -2.96. The van der Waals surface area contributed by atoms with E-state index in [-0.39, 0.29) is 11.7 Å². The van der Waals surface area contributed by atoms with Crippen LogP contribution >= 0.6 is 0 Å². The lowest BCUT2D eigenvalue weighted by Crippen LogP contribution is -2.32. The standard InChI is InChI=1S/C14H12N4O3/c15-14(20)21-11-7-8-9(4-6-17-13(8)19)18-12(11)10-3-1-2-5-16-10/h1-3,5,7H,4,6H2,(H2,15,20)(H,17,19). The lowest BCUT2D eigenvalue weighted by molar-refractivity contribution is 0.0944. The van der Waals surface area contributed by atoms with Crippen molar-refractivity contribution in [2.24, 2.45) is 5.73 Å². The SMILES string of the molecule is NC(=O)Oc1cc2c(nc1-c1ccccn1)CCNC2=O. The molecule has 7 heteroatoms. The van der Waals surface area contributed by atoms with E-state index in [1.165, 1.54) is 6.07 Å². The maximum atomic E-state index is 11.8. The molecule has 0 aromatic carbocycles. The number of ether oxygens (including phenoxy) is 1. The minimum Gasteiger partial charge on any atom is -0.408 e. The van der Waals surface area contributed by atoms with E-state index in [0.29, 0.717) is 35.6 Å². The summed E-state index contributed by atoms with van der Waals surface area (Å²) in [5.41, 5.74) is 7.04. The van der Waals surface area contributed by atoms with E-state index in [2.05, 4.69) is 15.3 Å². The number of nitrogens with zero attached hydrogens (tertiary/aromatic N) is 2. The normalized spacial score (nSPS) is 13.2. The highest BCUT2D eigenvalue weighted by atomic mass is 16.5. The van der Waals surface area contributed by atoms with Crippen molar-refractivity contribution in [3.05, 3.63) is 41.7 Å². The predicted molar refractivity (Wildman–Crippen MR) is 73.7 cm³/mol. The number of primary amides is 1. The number of nitrogens with two attached hydrogens (primary N) is 1. The van der Waals surface area contributed by atoms with Crippen LogP contribution in [0.5, 0.6) is 5.75 Å². The van der Waals surface area contributed by atoms with Crippen LogP contribution in [-0.4, -0.2) is 28.5 Å². The Labute approximate surface area is 120 Å². The Kier molecular flexibility index (Phi) is 3.23. The van der Waals surface area contributed by atoms with Gasteiger partial charge < -0.3 is 15.8 Å². The molecule has 0 fully saturated rings. The second-order valence-corrected chi connectivity index (χ2v) is 4.47. The average Bonchev–Trinajstić information content (AvgIpc) is 2.48. The van der Waals surface area contributed by atoms with E-state index in [0.717, 1.165) is 0 Å². The van der Waals surface area contributed by atoms with Crippen LogP contribution in [-0.2, 0) is 6.42 Å². The van der Waals surface area contributed by atoms with Crippen molar-refractivity contribution in [3.8, 4) is 17.1 Å².